The van der Waals surface area contributed by atoms with Crippen LogP contribution in [0.25, 0.3) is 10.8 Å². The highest BCUT2D eigenvalue weighted by atomic mass is 32.2. The molecule has 0 aliphatic heterocycles. The number of hydrogen-bond acceptors (Lipinski definition) is 3. The maximum Gasteiger partial charge on any atom is 0.243 e. The highest BCUT2D eigenvalue weighted by Gasteiger charge is 2.27. The lowest BCUT2D eigenvalue weighted by atomic mass is 10.1. The van der Waals surface area contributed by atoms with E-state index in [-0.39, 0.29) is 6.04 Å². The van der Waals surface area contributed by atoms with E-state index in [2.05, 4.69) is 0 Å². The number of fused-ring (bicyclic) bond motifs is 1. The number of nitrogens with two attached hydrogens (primary N) is 1. The summed E-state index contributed by atoms with van der Waals surface area (Å²) in [5, 5.41) is 1.56. The van der Waals surface area contributed by atoms with Crippen molar-refractivity contribution in [3.63, 3.8) is 0 Å². The van der Waals surface area contributed by atoms with Crippen molar-refractivity contribution in [1.82, 2.24) is 4.31 Å². The Morgan fingerprint density at radius 2 is 1.90 bits per heavy atom. The molecule has 0 unspecified atom stereocenters. The second-order valence-electron chi connectivity index (χ2n) is 5.45. The van der Waals surface area contributed by atoms with Crippen molar-refractivity contribution < 1.29 is 8.42 Å². The first kappa shape index (κ1) is 15.8. The molecule has 0 radical (unpaired) electrons. The third kappa shape index (κ3) is 3.04. The lowest BCUT2D eigenvalue weighted by Gasteiger charge is -2.26. The van der Waals surface area contributed by atoms with E-state index >= 15 is 0 Å². The monoisotopic (exact) mass is 306 g/mol. The average molecular weight is 306 g/mol. The van der Waals surface area contributed by atoms with Crippen LogP contribution >= 0.6 is 0 Å². The van der Waals surface area contributed by atoms with Crippen LogP contribution in [0.2, 0.25) is 0 Å². The minimum Gasteiger partial charge on any atom is -0.399 e. The second kappa shape index (κ2) is 6.03. The van der Waals surface area contributed by atoms with Crippen LogP contribution in [0, 0.1) is 0 Å². The van der Waals surface area contributed by atoms with E-state index in [9.17, 15) is 8.42 Å². The van der Waals surface area contributed by atoms with E-state index in [0.29, 0.717) is 22.5 Å². The van der Waals surface area contributed by atoms with Crippen molar-refractivity contribution >= 4 is 26.5 Å². The SMILES string of the molecule is CCCN(C(C)C)S(=O)(=O)c1cccc2cc(N)ccc12. The zero-order valence-corrected chi connectivity index (χ0v) is 13.5. The minimum absolute atomic E-state index is 0.0704. The molecule has 5 heteroatoms. The first-order chi connectivity index (χ1) is 9.87. The molecule has 0 saturated carbocycles. The van der Waals surface area contributed by atoms with E-state index < -0.39 is 10.0 Å². The number of rotatable bonds is 5. The Labute approximate surface area is 126 Å². The van der Waals surface area contributed by atoms with E-state index in [4.69, 9.17) is 5.73 Å². The van der Waals surface area contributed by atoms with Crippen LogP contribution in [0.3, 0.4) is 0 Å². The van der Waals surface area contributed by atoms with Gasteiger partial charge in [0.1, 0.15) is 0 Å². The van der Waals surface area contributed by atoms with Crippen molar-refractivity contribution in [2.45, 2.75) is 38.1 Å². The van der Waals surface area contributed by atoms with Crippen LogP contribution in [-0.2, 0) is 10.0 Å². The first-order valence-electron chi connectivity index (χ1n) is 7.18. The van der Waals surface area contributed by atoms with Gasteiger partial charge >= 0.3 is 0 Å². The molecule has 114 valence electrons. The zero-order chi connectivity index (χ0) is 15.6. The Kier molecular flexibility index (Phi) is 4.54. The molecule has 0 aliphatic carbocycles. The second-order valence-corrected chi connectivity index (χ2v) is 7.31. The van der Waals surface area contributed by atoms with Crippen molar-refractivity contribution in [3.8, 4) is 0 Å². The van der Waals surface area contributed by atoms with Crippen molar-refractivity contribution in [1.29, 1.82) is 0 Å². The van der Waals surface area contributed by atoms with E-state index in [1.54, 1.807) is 34.6 Å². The number of benzene rings is 2. The largest absolute Gasteiger partial charge is 0.399 e. The fourth-order valence-corrected chi connectivity index (χ4v) is 4.45. The molecule has 4 nitrogen and oxygen atoms in total. The summed E-state index contributed by atoms with van der Waals surface area (Å²) < 4.78 is 27.5. The number of nitrogen functional groups attached to an aromatic ring is 1. The summed E-state index contributed by atoms with van der Waals surface area (Å²) in [6, 6.07) is 10.6. The molecule has 2 aromatic rings. The molecule has 0 aromatic heterocycles. The van der Waals surface area contributed by atoms with E-state index in [0.717, 1.165) is 11.8 Å². The van der Waals surface area contributed by atoms with Gasteiger partial charge in [-0.05, 0) is 43.9 Å². The van der Waals surface area contributed by atoms with Gasteiger partial charge in [-0.3, -0.25) is 0 Å². The van der Waals surface area contributed by atoms with Gasteiger partial charge in [0.2, 0.25) is 10.0 Å². The van der Waals surface area contributed by atoms with Crippen LogP contribution in [0.5, 0.6) is 0 Å². The van der Waals surface area contributed by atoms with Gasteiger partial charge in [-0.25, -0.2) is 8.42 Å². The molecule has 0 amide bonds. The van der Waals surface area contributed by atoms with Gasteiger partial charge in [0.15, 0.2) is 0 Å². The van der Waals surface area contributed by atoms with Gasteiger partial charge in [0.25, 0.3) is 0 Å². The quantitative estimate of drug-likeness (QED) is 0.863. The number of hydrogen-bond donors (Lipinski definition) is 1. The summed E-state index contributed by atoms with van der Waals surface area (Å²) in [7, 11) is -3.51. The molecule has 2 rings (SSSR count). The van der Waals surface area contributed by atoms with Crippen molar-refractivity contribution in [2.24, 2.45) is 0 Å². The number of sulfonamides is 1. The third-order valence-electron chi connectivity index (χ3n) is 3.47. The van der Waals surface area contributed by atoms with Crippen LogP contribution in [0.1, 0.15) is 27.2 Å². The van der Waals surface area contributed by atoms with Gasteiger partial charge in [-0.2, -0.15) is 4.31 Å². The number of nitrogens with zero attached hydrogens (tertiary/aromatic N) is 1. The summed E-state index contributed by atoms with van der Waals surface area (Å²) in [5.41, 5.74) is 6.41. The molecule has 2 N–H and O–H groups in total. The molecule has 2 aromatic carbocycles. The molecule has 0 heterocycles. The molecule has 21 heavy (non-hydrogen) atoms. The van der Waals surface area contributed by atoms with Gasteiger partial charge in [-0.15, -0.1) is 0 Å². The van der Waals surface area contributed by atoms with Crippen molar-refractivity contribution in [3.05, 3.63) is 36.4 Å². The molecule has 0 fully saturated rings. The summed E-state index contributed by atoms with van der Waals surface area (Å²) in [6.45, 7) is 6.30. The van der Waals surface area contributed by atoms with Gasteiger partial charge in [-0.1, -0.05) is 25.1 Å². The van der Waals surface area contributed by atoms with Crippen LogP contribution in [0.4, 0.5) is 5.69 Å². The summed E-state index contributed by atoms with van der Waals surface area (Å²) in [6.07, 6.45) is 0.787. The Bertz CT molecular complexity index is 739. The molecular weight excluding hydrogens is 284 g/mol. The lowest BCUT2D eigenvalue weighted by molar-refractivity contribution is 0.354. The molecule has 0 aliphatic rings. The molecule has 0 bridgehead atoms. The zero-order valence-electron chi connectivity index (χ0n) is 12.7. The van der Waals surface area contributed by atoms with Gasteiger partial charge in [0, 0.05) is 23.7 Å². The first-order valence-corrected chi connectivity index (χ1v) is 8.62. The van der Waals surface area contributed by atoms with Crippen LogP contribution in [-0.4, -0.2) is 25.3 Å². The topological polar surface area (TPSA) is 63.4 Å². The standard InChI is InChI=1S/C16H22N2O2S/c1-4-10-18(12(2)3)21(19,20)16-7-5-6-13-11-14(17)8-9-15(13)16/h5-9,11-12H,4,10,17H2,1-3H3. The Morgan fingerprint density at radius 3 is 2.52 bits per heavy atom. The Morgan fingerprint density at radius 1 is 1.19 bits per heavy atom. The van der Waals surface area contributed by atoms with E-state index in [1.807, 2.05) is 26.8 Å². The predicted octanol–water partition coefficient (Wildman–Crippen LogP) is 3.23. The maximum atomic E-state index is 13.0. The van der Waals surface area contributed by atoms with Crippen molar-refractivity contribution in [2.75, 3.05) is 12.3 Å². The fourth-order valence-electron chi connectivity index (χ4n) is 2.50. The number of anilines is 1. The fraction of sp³-hybridized carbons (Fsp3) is 0.375. The minimum atomic E-state index is -3.51. The van der Waals surface area contributed by atoms with Gasteiger partial charge < -0.3 is 5.73 Å². The van der Waals surface area contributed by atoms with Gasteiger partial charge in [0.05, 0.1) is 4.90 Å². The molecule has 0 saturated heterocycles. The highest BCUT2D eigenvalue weighted by Crippen LogP contribution is 2.28. The lowest BCUT2D eigenvalue weighted by Crippen LogP contribution is -2.37. The average Bonchev–Trinajstić information content (AvgIpc) is 2.43. The highest BCUT2D eigenvalue weighted by molar-refractivity contribution is 7.89. The molecule has 0 atom stereocenters. The molecule has 0 spiro atoms. The summed E-state index contributed by atoms with van der Waals surface area (Å²) >= 11 is 0. The van der Waals surface area contributed by atoms with E-state index in [1.165, 1.54) is 0 Å². The predicted molar refractivity (Wildman–Crippen MR) is 87.7 cm³/mol. The van der Waals surface area contributed by atoms with Crippen LogP contribution in [0.15, 0.2) is 41.3 Å². The smallest absolute Gasteiger partial charge is 0.243 e. The summed E-state index contributed by atoms with van der Waals surface area (Å²) in [4.78, 5) is 0.349. The maximum absolute atomic E-state index is 13.0. The summed E-state index contributed by atoms with van der Waals surface area (Å²) in [5.74, 6) is 0. The van der Waals surface area contributed by atoms with Crippen LogP contribution < -0.4 is 5.73 Å². The Balaban J connectivity index is 2.64. The normalized spacial score (nSPS) is 12.4. The molecular formula is C16H22N2O2S. The Hall–Kier alpha value is -1.59. The third-order valence-corrected chi connectivity index (χ3v) is 5.60.